The summed E-state index contributed by atoms with van der Waals surface area (Å²) < 4.78 is 5.24. The van der Waals surface area contributed by atoms with Crippen LogP contribution in [-0.2, 0) is 4.74 Å². The molecule has 1 aromatic carbocycles. The Morgan fingerprint density at radius 2 is 2.17 bits per heavy atom. The van der Waals surface area contributed by atoms with Crippen molar-refractivity contribution in [1.29, 1.82) is 0 Å². The molecule has 1 aromatic rings. The van der Waals surface area contributed by atoms with Gasteiger partial charge in [0.05, 0.1) is 11.7 Å². The number of rotatable bonds is 5. The van der Waals surface area contributed by atoms with E-state index in [0.717, 1.165) is 23.7 Å². The molecule has 0 heterocycles. The van der Waals surface area contributed by atoms with Crippen LogP contribution in [0.3, 0.4) is 0 Å². The fraction of sp³-hybridized carbons (Fsp3) is 0.533. The Morgan fingerprint density at radius 3 is 2.78 bits per heavy atom. The van der Waals surface area contributed by atoms with E-state index in [9.17, 15) is 4.79 Å². The summed E-state index contributed by atoms with van der Waals surface area (Å²) >= 11 is 0. The molecule has 3 nitrogen and oxygen atoms in total. The summed E-state index contributed by atoms with van der Waals surface area (Å²) in [6.07, 6.45) is 2.56. The Hall–Kier alpha value is -1.51. The van der Waals surface area contributed by atoms with Gasteiger partial charge in [0.25, 0.3) is 0 Å². The number of ether oxygens (including phenoxy) is 1. The molecular formula is C15H21NO2. The van der Waals surface area contributed by atoms with Crippen molar-refractivity contribution in [2.24, 2.45) is 5.92 Å². The number of anilines is 1. The first kappa shape index (κ1) is 12.9. The number of carbonyl (C=O) groups excluding carboxylic acids is 1. The lowest BCUT2D eigenvalue weighted by Gasteiger charge is -2.14. The summed E-state index contributed by atoms with van der Waals surface area (Å²) in [5, 5.41) is 3.42. The molecule has 3 heteroatoms. The normalized spacial score (nSPS) is 14.7. The second-order valence-corrected chi connectivity index (χ2v) is 5.26. The minimum absolute atomic E-state index is 0.0834. The van der Waals surface area contributed by atoms with Gasteiger partial charge in [-0.25, -0.2) is 4.79 Å². The van der Waals surface area contributed by atoms with Gasteiger partial charge in [-0.1, -0.05) is 6.07 Å². The molecule has 0 aromatic heterocycles. The van der Waals surface area contributed by atoms with Crippen molar-refractivity contribution in [2.45, 2.75) is 39.7 Å². The Bertz CT molecular complexity index is 436. The third kappa shape index (κ3) is 3.25. The predicted octanol–water partition coefficient (Wildman–Crippen LogP) is 3.38. The van der Waals surface area contributed by atoms with E-state index in [2.05, 4.69) is 5.32 Å². The molecule has 0 atom stereocenters. The second-order valence-electron chi connectivity index (χ2n) is 5.26. The number of hydrogen-bond acceptors (Lipinski definition) is 3. The molecule has 18 heavy (non-hydrogen) atoms. The van der Waals surface area contributed by atoms with Crippen LogP contribution in [0.4, 0.5) is 5.69 Å². The first-order chi connectivity index (χ1) is 8.58. The number of nitrogens with one attached hydrogen (secondary N) is 1. The molecule has 1 saturated carbocycles. The topological polar surface area (TPSA) is 38.3 Å². The minimum atomic E-state index is -0.238. The van der Waals surface area contributed by atoms with Gasteiger partial charge < -0.3 is 10.1 Å². The van der Waals surface area contributed by atoms with Crippen LogP contribution in [0, 0.1) is 12.8 Å². The van der Waals surface area contributed by atoms with Crippen molar-refractivity contribution in [2.75, 3.05) is 11.9 Å². The lowest BCUT2D eigenvalue weighted by molar-refractivity contribution is 0.0377. The highest BCUT2D eigenvalue weighted by molar-refractivity contribution is 5.92. The van der Waals surface area contributed by atoms with Crippen LogP contribution >= 0.6 is 0 Å². The molecule has 0 bridgehead atoms. The van der Waals surface area contributed by atoms with Crippen LogP contribution in [-0.4, -0.2) is 18.6 Å². The zero-order valence-corrected chi connectivity index (χ0v) is 11.3. The molecule has 1 aliphatic carbocycles. The summed E-state index contributed by atoms with van der Waals surface area (Å²) in [6.45, 7) is 6.69. The molecule has 1 fully saturated rings. The molecule has 1 N–H and O–H groups in total. The highest BCUT2D eigenvalue weighted by atomic mass is 16.5. The predicted molar refractivity (Wildman–Crippen MR) is 72.9 cm³/mol. The van der Waals surface area contributed by atoms with Gasteiger partial charge in [-0.05, 0) is 57.2 Å². The molecule has 0 amide bonds. The van der Waals surface area contributed by atoms with E-state index in [-0.39, 0.29) is 12.1 Å². The summed E-state index contributed by atoms with van der Waals surface area (Å²) in [7, 11) is 0. The fourth-order valence-electron chi connectivity index (χ4n) is 1.90. The smallest absolute Gasteiger partial charge is 0.338 e. The quantitative estimate of drug-likeness (QED) is 0.811. The molecule has 0 aliphatic heterocycles. The zero-order valence-electron chi connectivity index (χ0n) is 11.3. The molecule has 2 rings (SSSR count). The fourth-order valence-corrected chi connectivity index (χ4v) is 1.90. The average molecular weight is 247 g/mol. The first-order valence-corrected chi connectivity index (χ1v) is 6.62. The maximum atomic E-state index is 11.9. The standard InChI is InChI=1S/C15H21NO2/c1-10(2)18-15(17)13-5-4-6-14(11(13)3)16-9-12-7-8-12/h4-6,10,12,16H,7-9H2,1-3H3. The van der Waals surface area contributed by atoms with Crippen LogP contribution in [0.5, 0.6) is 0 Å². The van der Waals surface area contributed by atoms with Crippen LogP contribution in [0.2, 0.25) is 0 Å². The van der Waals surface area contributed by atoms with Gasteiger partial charge in [-0.2, -0.15) is 0 Å². The third-order valence-corrected chi connectivity index (χ3v) is 3.17. The van der Waals surface area contributed by atoms with E-state index < -0.39 is 0 Å². The number of esters is 1. The van der Waals surface area contributed by atoms with Gasteiger partial charge in [0, 0.05) is 12.2 Å². The van der Waals surface area contributed by atoms with Gasteiger partial charge >= 0.3 is 5.97 Å². The third-order valence-electron chi connectivity index (χ3n) is 3.17. The van der Waals surface area contributed by atoms with E-state index in [1.165, 1.54) is 12.8 Å². The molecule has 0 saturated heterocycles. The zero-order chi connectivity index (χ0) is 13.1. The number of hydrogen-bond donors (Lipinski definition) is 1. The molecule has 1 aliphatic rings. The van der Waals surface area contributed by atoms with Crippen molar-refractivity contribution >= 4 is 11.7 Å². The molecule has 0 unspecified atom stereocenters. The van der Waals surface area contributed by atoms with Crippen molar-refractivity contribution in [3.63, 3.8) is 0 Å². The van der Waals surface area contributed by atoms with Gasteiger partial charge in [0.1, 0.15) is 0 Å². The largest absolute Gasteiger partial charge is 0.459 e. The Morgan fingerprint density at radius 1 is 1.44 bits per heavy atom. The summed E-state index contributed by atoms with van der Waals surface area (Å²) in [5.74, 6) is 0.577. The Balaban J connectivity index is 2.09. The highest BCUT2D eigenvalue weighted by Crippen LogP contribution is 2.29. The van der Waals surface area contributed by atoms with E-state index in [0.29, 0.717) is 5.56 Å². The number of benzene rings is 1. The van der Waals surface area contributed by atoms with Gasteiger partial charge in [-0.15, -0.1) is 0 Å². The lowest BCUT2D eigenvalue weighted by Crippen LogP contribution is -2.14. The Kier molecular flexibility index (Phi) is 3.90. The SMILES string of the molecule is Cc1c(NCC2CC2)cccc1C(=O)OC(C)C. The summed E-state index contributed by atoms with van der Waals surface area (Å²) in [6, 6.07) is 5.74. The monoisotopic (exact) mass is 247 g/mol. The van der Waals surface area contributed by atoms with Gasteiger partial charge in [0.15, 0.2) is 0 Å². The van der Waals surface area contributed by atoms with Crippen molar-refractivity contribution in [3.05, 3.63) is 29.3 Å². The Labute approximate surface area is 109 Å². The first-order valence-electron chi connectivity index (χ1n) is 6.62. The maximum absolute atomic E-state index is 11.9. The van der Waals surface area contributed by atoms with Crippen LogP contribution in [0.15, 0.2) is 18.2 Å². The van der Waals surface area contributed by atoms with E-state index >= 15 is 0 Å². The van der Waals surface area contributed by atoms with Crippen LogP contribution in [0.25, 0.3) is 0 Å². The highest BCUT2D eigenvalue weighted by Gasteiger charge is 2.21. The van der Waals surface area contributed by atoms with E-state index in [1.807, 2.05) is 39.0 Å². The lowest BCUT2D eigenvalue weighted by atomic mass is 10.1. The molecule has 0 spiro atoms. The van der Waals surface area contributed by atoms with E-state index in [4.69, 9.17) is 4.74 Å². The average Bonchev–Trinajstić information content (AvgIpc) is 3.10. The van der Waals surface area contributed by atoms with Crippen molar-refractivity contribution in [1.82, 2.24) is 0 Å². The van der Waals surface area contributed by atoms with Crippen molar-refractivity contribution < 1.29 is 9.53 Å². The molecular weight excluding hydrogens is 226 g/mol. The van der Waals surface area contributed by atoms with Crippen LogP contribution < -0.4 is 5.32 Å². The molecule has 0 radical (unpaired) electrons. The minimum Gasteiger partial charge on any atom is -0.459 e. The maximum Gasteiger partial charge on any atom is 0.338 e. The summed E-state index contributed by atoms with van der Waals surface area (Å²) in [5.41, 5.74) is 2.67. The summed E-state index contributed by atoms with van der Waals surface area (Å²) in [4.78, 5) is 11.9. The van der Waals surface area contributed by atoms with Crippen molar-refractivity contribution in [3.8, 4) is 0 Å². The second kappa shape index (κ2) is 5.42. The molecule has 98 valence electrons. The van der Waals surface area contributed by atoms with Gasteiger partial charge in [-0.3, -0.25) is 0 Å². The van der Waals surface area contributed by atoms with Crippen LogP contribution in [0.1, 0.15) is 42.6 Å². The number of carbonyl (C=O) groups is 1. The van der Waals surface area contributed by atoms with E-state index in [1.54, 1.807) is 0 Å². The van der Waals surface area contributed by atoms with Gasteiger partial charge in [0.2, 0.25) is 0 Å².